The number of nitrogens with zero attached hydrogens (tertiary/aromatic N) is 26. The van der Waals surface area contributed by atoms with Gasteiger partial charge < -0.3 is 60.1 Å². The first-order valence-corrected chi connectivity index (χ1v) is 40.8. The van der Waals surface area contributed by atoms with E-state index in [1.54, 1.807) is 76.1 Å². The molecule has 20 rings (SSSR count). The van der Waals surface area contributed by atoms with Crippen molar-refractivity contribution >= 4 is 70.9 Å². The van der Waals surface area contributed by atoms with Crippen molar-refractivity contribution in [2.45, 2.75) is 51.2 Å². The van der Waals surface area contributed by atoms with E-state index in [0.29, 0.717) is 93.5 Å². The number of morpholine rings is 1. The van der Waals surface area contributed by atoms with E-state index in [4.69, 9.17) is 49.4 Å². The molecule has 5 N–H and O–H groups in total. The largest absolute Gasteiger partial charge is 0.489 e. The Labute approximate surface area is 727 Å². The molecule has 37 heteroatoms. The van der Waals surface area contributed by atoms with Gasteiger partial charge in [0.25, 0.3) is 0 Å². The number of fused-ring (bicyclic) bond motifs is 5. The number of amides is 1. The van der Waals surface area contributed by atoms with E-state index in [2.05, 4.69) is 140 Å². The van der Waals surface area contributed by atoms with Crippen molar-refractivity contribution in [2.75, 3.05) is 151 Å². The van der Waals surface area contributed by atoms with Gasteiger partial charge in [0.05, 0.1) is 81.2 Å². The fraction of sp³-hybridized carbons (Fsp3) is 0.318. The molecule has 6 aliphatic rings. The number of anilines is 6. The van der Waals surface area contributed by atoms with Crippen LogP contribution in [0.5, 0.6) is 23.4 Å². The molecular formula is C88H94N30O6S. The van der Waals surface area contributed by atoms with Crippen LogP contribution in [0.1, 0.15) is 46.7 Å². The minimum atomic E-state index is -0.296. The molecule has 36 nitrogen and oxygen atoms in total. The van der Waals surface area contributed by atoms with Gasteiger partial charge in [-0.2, -0.15) is 39.5 Å². The van der Waals surface area contributed by atoms with Gasteiger partial charge in [0.1, 0.15) is 70.8 Å². The molecular weight excluding hydrogens is 1610 g/mol. The number of nitrogens with two attached hydrogens (primary N) is 1. The average molecular weight is 1700 g/mol. The number of nitriles is 3. The van der Waals surface area contributed by atoms with Gasteiger partial charge in [0, 0.05) is 262 Å². The Balaban J connectivity index is 0.000000138. The van der Waals surface area contributed by atoms with E-state index in [1.165, 1.54) is 24.5 Å². The summed E-state index contributed by atoms with van der Waals surface area (Å²) in [5.74, 6) is 5.76. The number of nitrogen functional groups attached to an aromatic ring is 1. The van der Waals surface area contributed by atoms with Crippen LogP contribution >= 0.6 is 13.5 Å². The number of ether oxygens (including phenoxy) is 5. The second kappa shape index (κ2) is 37.5. The van der Waals surface area contributed by atoms with E-state index < -0.39 is 0 Å². The first-order chi connectivity index (χ1) is 60.6. The van der Waals surface area contributed by atoms with Crippen LogP contribution in [-0.2, 0) is 43.3 Å². The highest BCUT2D eigenvalue weighted by Crippen LogP contribution is 2.40. The number of pyridine rings is 8. The van der Waals surface area contributed by atoms with E-state index in [1.807, 2.05) is 119 Å². The van der Waals surface area contributed by atoms with Crippen molar-refractivity contribution in [2.24, 2.45) is 14.1 Å². The minimum Gasteiger partial charge on any atom is -0.489 e. The van der Waals surface area contributed by atoms with Crippen LogP contribution in [0, 0.1) is 34.0 Å². The second-order valence-corrected chi connectivity index (χ2v) is 30.9. The Morgan fingerprint density at radius 3 is 1.47 bits per heavy atom. The minimum absolute atomic E-state index is 0. The summed E-state index contributed by atoms with van der Waals surface area (Å²) in [7, 11) is 10.4. The predicted octanol–water partition coefficient (Wildman–Crippen LogP) is 8.38. The van der Waals surface area contributed by atoms with E-state index >= 15 is 0 Å². The summed E-state index contributed by atoms with van der Waals surface area (Å²) in [6.45, 7) is 15.6. The molecule has 0 radical (unpaired) electrons. The third-order valence-electron chi connectivity index (χ3n) is 22.9. The van der Waals surface area contributed by atoms with Gasteiger partial charge in [0.2, 0.25) is 23.5 Å². The van der Waals surface area contributed by atoms with E-state index in [9.17, 15) is 20.6 Å². The SMILES string of the molecule is CNc1nn2cc(-c3cnn(C)c3)cc(-c3ccc(N4CCN(Cc5ccc(OC)nc5)CC4)nc3)c2c1C#N.COc1ccc(CN2C3CC2CN(c2cnc(-c4cc(OC[C@@H]5CNCCO5)cn5nc(N)c(C#N)c45)cn2)C3)cn1.COc1ccc(CN2CCN(c3ccc(-c4cc(-c5cnn(C)c5)cn5nc(NC(C)=O)c(C#N)c45)cn3)CC2)cn1.S. The molecule has 6 aliphatic heterocycles. The number of piperazine rings is 3. The normalized spacial score (nSPS) is 16.4. The highest BCUT2D eigenvalue weighted by Gasteiger charge is 2.45. The summed E-state index contributed by atoms with van der Waals surface area (Å²) in [5, 5.41) is 61.0. The van der Waals surface area contributed by atoms with Crippen molar-refractivity contribution in [3.63, 3.8) is 0 Å². The van der Waals surface area contributed by atoms with Crippen LogP contribution in [0.25, 0.3) is 72.3 Å². The molecule has 1 amide bonds. The zero-order valence-electron chi connectivity index (χ0n) is 70.2. The van der Waals surface area contributed by atoms with Crippen LogP contribution in [0.3, 0.4) is 0 Å². The number of piperidine rings is 1. The lowest BCUT2D eigenvalue weighted by molar-refractivity contribution is -0.114. The van der Waals surface area contributed by atoms with Gasteiger partial charge >= 0.3 is 0 Å². The van der Waals surface area contributed by atoms with Crippen LogP contribution in [0.4, 0.5) is 34.9 Å². The van der Waals surface area contributed by atoms with E-state index in [-0.39, 0.29) is 37.1 Å². The Hall–Kier alpha value is -14.4. The molecule has 0 spiro atoms. The lowest BCUT2D eigenvalue weighted by atomic mass is 9.87. The zero-order valence-corrected chi connectivity index (χ0v) is 71.2. The molecule has 2 unspecified atom stereocenters. The molecule has 638 valence electrons. The van der Waals surface area contributed by atoms with Crippen LogP contribution in [0.15, 0.2) is 166 Å². The molecule has 20 heterocycles. The third-order valence-corrected chi connectivity index (χ3v) is 22.9. The van der Waals surface area contributed by atoms with Crippen molar-refractivity contribution in [1.29, 1.82) is 15.8 Å². The average Bonchev–Trinajstić information content (AvgIpc) is 1.76. The Morgan fingerprint density at radius 1 is 0.528 bits per heavy atom. The van der Waals surface area contributed by atoms with Crippen LogP contribution in [0.2, 0.25) is 0 Å². The highest BCUT2D eigenvalue weighted by molar-refractivity contribution is 7.59. The monoisotopic (exact) mass is 1700 g/mol. The number of aryl methyl sites for hydroxylation is 2. The Bertz CT molecular complexity index is 6270. The summed E-state index contributed by atoms with van der Waals surface area (Å²) in [5.41, 5.74) is 21.0. The lowest BCUT2D eigenvalue weighted by Crippen LogP contribution is -2.68. The topological polar surface area (TPSA) is 394 Å². The van der Waals surface area contributed by atoms with Crippen molar-refractivity contribution in [3.05, 3.63) is 199 Å². The smallest absolute Gasteiger partial charge is 0.222 e. The summed E-state index contributed by atoms with van der Waals surface area (Å²) in [4.78, 5) is 58.3. The molecule has 2 bridgehead atoms. The number of carbonyl (C=O) groups is 1. The Morgan fingerprint density at radius 2 is 1.03 bits per heavy atom. The molecule has 3 atom stereocenters. The van der Waals surface area contributed by atoms with Gasteiger partial charge in [-0.15, -0.1) is 15.3 Å². The molecule has 6 fully saturated rings. The predicted molar refractivity (Wildman–Crippen MR) is 476 cm³/mol. The molecule has 0 saturated carbocycles. The number of methoxy groups -OCH3 is 3. The number of rotatable bonds is 22. The van der Waals surface area contributed by atoms with Crippen molar-refractivity contribution in [1.82, 2.24) is 103 Å². The first kappa shape index (κ1) is 84.2. The number of aromatic nitrogens is 17. The zero-order chi connectivity index (χ0) is 85.5. The quantitative estimate of drug-likeness (QED) is 0.0494. The van der Waals surface area contributed by atoms with E-state index in [0.717, 1.165) is 171 Å². The lowest BCUT2D eigenvalue weighted by Gasteiger charge is -2.56. The fourth-order valence-electron chi connectivity index (χ4n) is 16.5. The van der Waals surface area contributed by atoms with Crippen LogP contribution < -0.4 is 55.3 Å². The maximum atomic E-state index is 11.8. The molecule has 14 aromatic heterocycles. The summed E-state index contributed by atoms with van der Waals surface area (Å²) >= 11 is 0. The number of carbonyl (C=O) groups excluding carboxylic acids is 1. The maximum absolute atomic E-state index is 11.8. The molecule has 0 aliphatic carbocycles. The van der Waals surface area contributed by atoms with Gasteiger partial charge in [-0.05, 0) is 65.6 Å². The summed E-state index contributed by atoms with van der Waals surface area (Å²) in [6.07, 6.45) is 27.0. The third kappa shape index (κ3) is 18.4. The maximum Gasteiger partial charge on any atom is 0.222 e. The first-order valence-electron chi connectivity index (χ1n) is 40.8. The van der Waals surface area contributed by atoms with Crippen LogP contribution in [-0.4, -0.2) is 242 Å². The van der Waals surface area contributed by atoms with Crippen molar-refractivity contribution < 1.29 is 28.5 Å². The number of nitrogens with one attached hydrogen (secondary N) is 3. The van der Waals surface area contributed by atoms with Crippen molar-refractivity contribution in [3.8, 4) is 97.4 Å². The number of hydrogen-bond acceptors (Lipinski definition) is 30. The molecule has 125 heavy (non-hydrogen) atoms. The van der Waals surface area contributed by atoms with Gasteiger partial charge in [-0.25, -0.2) is 43.5 Å². The highest BCUT2D eigenvalue weighted by atomic mass is 32.1. The Kier molecular flexibility index (Phi) is 25.3. The van der Waals surface area contributed by atoms with Gasteiger partial charge in [-0.1, -0.05) is 18.2 Å². The number of hydrogen-bond donors (Lipinski definition) is 4. The summed E-state index contributed by atoms with van der Waals surface area (Å²) in [6, 6.07) is 33.7. The summed E-state index contributed by atoms with van der Waals surface area (Å²) < 4.78 is 35.8. The molecule has 14 aromatic rings. The standard InChI is InChI=1S/C30H30N10O2.C29H32N10O3.C29H30N10O.H2S/c1-20(41)35-30-26(13-31)29-25(12-23(19-40(29)36-30)24-16-34-37(2)18-24)22-5-6-27(32-15-22)39-10-8-38(9-11-39)17-21-4-7-28(42-3)33-14-21;1-40-27-3-2-18(9-35-27)13-38-19-6-20(38)15-37(14-19)26-12-33-25(11-34-26)23-7-21(42-17-22-10-32-4-5-41-22)16-39-28(23)24(8-30)29(31)36-39;1-31-29-25(13-30)28-24(12-22(19-39(28)35-29)23-16-34-36(2)18-23)21-5-6-26(32-15-21)38-10-8-37(9-11-38)17-20-4-7-27(40-3)33-14-20;/h4-7,12,14-16,18-19H,8-11,17H2,1-3H3,(H,35,36,41);2-3,7,9,11-12,16,19-20,22,32H,4-6,10,13-15,17H2,1H3,(H2,31,36);4-7,12,14-16,18-19H,8-11,17H2,1-3H3,(H,31,35);1H2/t;19?,20?,22-;;/m.0../s1. The molecule has 0 aromatic carbocycles. The second-order valence-electron chi connectivity index (χ2n) is 30.9. The van der Waals surface area contributed by atoms with Gasteiger partial charge in [-0.3, -0.25) is 33.8 Å². The van der Waals surface area contributed by atoms with Gasteiger partial charge in [0.15, 0.2) is 17.5 Å². The molecule has 6 saturated heterocycles. The fourth-order valence-corrected chi connectivity index (χ4v) is 16.5.